The second kappa shape index (κ2) is 6.17. The van der Waals surface area contributed by atoms with Gasteiger partial charge in [-0.1, -0.05) is 19.3 Å². The Labute approximate surface area is 107 Å². The Hall–Kier alpha value is -0.120. The van der Waals surface area contributed by atoms with Gasteiger partial charge in [0.1, 0.15) is 0 Å². The summed E-state index contributed by atoms with van der Waals surface area (Å²) in [5, 5.41) is 3.56. The predicted molar refractivity (Wildman–Crippen MR) is 73.4 cm³/mol. The van der Waals surface area contributed by atoms with E-state index in [-0.39, 0.29) is 0 Å². The molecule has 100 valence electrons. The average molecular weight is 239 g/mol. The van der Waals surface area contributed by atoms with Crippen LogP contribution in [0.1, 0.15) is 39.0 Å². The van der Waals surface area contributed by atoms with Gasteiger partial charge in [-0.2, -0.15) is 0 Å². The standard InChI is InChI=1S/C14H29N3/c1-12-11-17(10-9-16(12)3)14-8-6-4-5-7-13(14)15-2/h12-15H,4-11H2,1-3H3. The van der Waals surface area contributed by atoms with E-state index in [1.54, 1.807) is 0 Å². The van der Waals surface area contributed by atoms with Crippen molar-refractivity contribution in [2.45, 2.75) is 57.2 Å². The highest BCUT2D eigenvalue weighted by Gasteiger charge is 2.31. The maximum atomic E-state index is 3.56. The van der Waals surface area contributed by atoms with Crippen molar-refractivity contribution < 1.29 is 0 Å². The molecule has 1 saturated carbocycles. The van der Waals surface area contributed by atoms with Crippen molar-refractivity contribution >= 4 is 0 Å². The molecule has 2 rings (SSSR count). The fourth-order valence-electron chi connectivity index (χ4n) is 3.44. The van der Waals surface area contributed by atoms with Gasteiger partial charge in [0.25, 0.3) is 0 Å². The fourth-order valence-corrected chi connectivity index (χ4v) is 3.44. The molecular weight excluding hydrogens is 210 g/mol. The molecule has 0 spiro atoms. The van der Waals surface area contributed by atoms with E-state index in [0.29, 0.717) is 12.1 Å². The van der Waals surface area contributed by atoms with Crippen LogP contribution >= 0.6 is 0 Å². The van der Waals surface area contributed by atoms with Gasteiger partial charge in [0.15, 0.2) is 0 Å². The van der Waals surface area contributed by atoms with Crippen molar-refractivity contribution in [2.75, 3.05) is 33.7 Å². The number of nitrogens with one attached hydrogen (secondary N) is 1. The zero-order valence-electron chi connectivity index (χ0n) is 11.8. The Kier molecular flexibility index (Phi) is 4.83. The molecule has 1 aliphatic heterocycles. The van der Waals surface area contributed by atoms with Gasteiger partial charge >= 0.3 is 0 Å². The Morgan fingerprint density at radius 1 is 1.06 bits per heavy atom. The molecule has 3 atom stereocenters. The predicted octanol–water partition coefficient (Wildman–Crippen LogP) is 1.54. The lowest BCUT2D eigenvalue weighted by atomic mass is 9.99. The summed E-state index contributed by atoms with van der Waals surface area (Å²) in [5.41, 5.74) is 0. The van der Waals surface area contributed by atoms with Crippen LogP contribution in [-0.4, -0.2) is 61.7 Å². The molecule has 0 amide bonds. The van der Waals surface area contributed by atoms with Crippen LogP contribution < -0.4 is 5.32 Å². The lowest BCUT2D eigenvalue weighted by molar-refractivity contribution is 0.0551. The van der Waals surface area contributed by atoms with E-state index in [4.69, 9.17) is 0 Å². The molecule has 1 heterocycles. The van der Waals surface area contributed by atoms with Gasteiger partial charge in [0, 0.05) is 37.8 Å². The summed E-state index contributed by atoms with van der Waals surface area (Å²) in [7, 11) is 4.40. The summed E-state index contributed by atoms with van der Waals surface area (Å²) in [4.78, 5) is 5.23. The number of nitrogens with zero attached hydrogens (tertiary/aromatic N) is 2. The van der Waals surface area contributed by atoms with Gasteiger partial charge in [-0.25, -0.2) is 0 Å². The second-order valence-corrected chi connectivity index (χ2v) is 5.93. The molecule has 0 aromatic heterocycles. The van der Waals surface area contributed by atoms with E-state index in [1.165, 1.54) is 51.7 Å². The molecule has 3 heteroatoms. The van der Waals surface area contributed by atoms with Crippen molar-refractivity contribution in [1.29, 1.82) is 0 Å². The Bertz CT molecular complexity index is 232. The molecule has 1 saturated heterocycles. The number of likely N-dealkylation sites (N-methyl/N-ethyl adjacent to an activating group) is 2. The van der Waals surface area contributed by atoms with Gasteiger partial charge < -0.3 is 10.2 Å². The summed E-state index contributed by atoms with van der Waals surface area (Å²) >= 11 is 0. The van der Waals surface area contributed by atoms with Gasteiger partial charge in [-0.15, -0.1) is 0 Å². The first-order valence-corrected chi connectivity index (χ1v) is 7.34. The molecule has 0 aromatic carbocycles. The average Bonchev–Trinajstić information content (AvgIpc) is 2.57. The van der Waals surface area contributed by atoms with Crippen molar-refractivity contribution in [3.8, 4) is 0 Å². The molecule has 2 aliphatic rings. The van der Waals surface area contributed by atoms with Crippen molar-refractivity contribution in [3.05, 3.63) is 0 Å². The van der Waals surface area contributed by atoms with Crippen molar-refractivity contribution in [2.24, 2.45) is 0 Å². The maximum Gasteiger partial charge on any atom is 0.0250 e. The van der Waals surface area contributed by atoms with Gasteiger partial charge in [0.05, 0.1) is 0 Å². The van der Waals surface area contributed by atoms with Crippen LogP contribution in [0.15, 0.2) is 0 Å². The highest BCUT2D eigenvalue weighted by atomic mass is 15.3. The van der Waals surface area contributed by atoms with E-state index in [9.17, 15) is 0 Å². The van der Waals surface area contributed by atoms with Crippen LogP contribution in [0.5, 0.6) is 0 Å². The van der Waals surface area contributed by atoms with Gasteiger partial charge in [-0.3, -0.25) is 4.90 Å². The molecule has 3 nitrogen and oxygen atoms in total. The SMILES string of the molecule is CNC1CCCCCC1N1CCN(C)C(C)C1. The first-order valence-electron chi connectivity index (χ1n) is 7.34. The molecule has 0 radical (unpaired) electrons. The quantitative estimate of drug-likeness (QED) is 0.738. The maximum absolute atomic E-state index is 3.56. The van der Waals surface area contributed by atoms with Crippen molar-refractivity contribution in [3.63, 3.8) is 0 Å². The molecule has 0 bridgehead atoms. The van der Waals surface area contributed by atoms with E-state index in [0.717, 1.165) is 6.04 Å². The topological polar surface area (TPSA) is 18.5 Å². The van der Waals surface area contributed by atoms with Crippen LogP contribution in [0.3, 0.4) is 0 Å². The van der Waals surface area contributed by atoms with Gasteiger partial charge in [0.2, 0.25) is 0 Å². The monoisotopic (exact) mass is 239 g/mol. The first kappa shape index (κ1) is 13.3. The first-order chi connectivity index (χ1) is 8.22. The minimum absolute atomic E-state index is 0.713. The third-order valence-corrected chi connectivity index (χ3v) is 4.81. The summed E-state index contributed by atoms with van der Waals surface area (Å²) in [6, 6.07) is 2.20. The minimum atomic E-state index is 0.713. The van der Waals surface area contributed by atoms with E-state index in [1.807, 2.05) is 0 Å². The fraction of sp³-hybridized carbons (Fsp3) is 1.00. The number of hydrogen-bond donors (Lipinski definition) is 1. The smallest absolute Gasteiger partial charge is 0.0250 e. The summed E-state index contributed by atoms with van der Waals surface area (Å²) in [5.74, 6) is 0. The Morgan fingerprint density at radius 2 is 1.82 bits per heavy atom. The molecule has 3 unspecified atom stereocenters. The molecule has 17 heavy (non-hydrogen) atoms. The molecule has 2 fully saturated rings. The van der Waals surface area contributed by atoms with E-state index >= 15 is 0 Å². The van der Waals surface area contributed by atoms with E-state index in [2.05, 4.69) is 36.1 Å². The molecule has 1 aliphatic carbocycles. The summed E-state index contributed by atoms with van der Waals surface area (Å²) < 4.78 is 0. The third-order valence-electron chi connectivity index (χ3n) is 4.81. The third kappa shape index (κ3) is 3.21. The van der Waals surface area contributed by atoms with Crippen LogP contribution in [0.4, 0.5) is 0 Å². The highest BCUT2D eigenvalue weighted by molar-refractivity contribution is 4.90. The zero-order chi connectivity index (χ0) is 12.3. The molecular formula is C14H29N3. The summed E-state index contributed by atoms with van der Waals surface area (Å²) in [6.07, 6.45) is 7.01. The number of hydrogen-bond acceptors (Lipinski definition) is 3. The normalized spacial score (nSPS) is 37.9. The highest BCUT2D eigenvalue weighted by Crippen LogP contribution is 2.24. The zero-order valence-corrected chi connectivity index (χ0v) is 11.8. The summed E-state index contributed by atoms with van der Waals surface area (Å²) in [6.45, 7) is 6.09. The Balaban J connectivity index is 1.98. The van der Waals surface area contributed by atoms with Crippen LogP contribution in [0.2, 0.25) is 0 Å². The Morgan fingerprint density at radius 3 is 2.53 bits per heavy atom. The van der Waals surface area contributed by atoms with Crippen LogP contribution in [-0.2, 0) is 0 Å². The minimum Gasteiger partial charge on any atom is -0.315 e. The molecule has 0 aromatic rings. The lowest BCUT2D eigenvalue weighted by Gasteiger charge is -2.44. The van der Waals surface area contributed by atoms with E-state index < -0.39 is 0 Å². The largest absolute Gasteiger partial charge is 0.315 e. The van der Waals surface area contributed by atoms with Gasteiger partial charge in [-0.05, 0) is 33.9 Å². The van der Waals surface area contributed by atoms with Crippen molar-refractivity contribution in [1.82, 2.24) is 15.1 Å². The number of rotatable bonds is 2. The molecule has 1 N–H and O–H groups in total. The van der Waals surface area contributed by atoms with Crippen LogP contribution in [0.25, 0.3) is 0 Å². The number of piperazine rings is 1. The van der Waals surface area contributed by atoms with Crippen LogP contribution in [0, 0.1) is 0 Å². The lowest BCUT2D eigenvalue weighted by Crippen LogP contribution is -2.57. The second-order valence-electron chi connectivity index (χ2n) is 5.93.